The number of carbonyl (C=O) groups excluding carboxylic acids is 2. The maximum Gasteiger partial charge on any atom is 0.249 e. The molecule has 2 heterocycles. The minimum Gasteiger partial charge on any atom is -0.340 e. The zero-order valence-electron chi connectivity index (χ0n) is 13.1. The molecular formula is C14H22N4O3. The molecule has 2 amide bonds. The molecule has 0 spiro atoms. The molecule has 0 radical (unpaired) electrons. The first kappa shape index (κ1) is 15.5. The van der Waals surface area contributed by atoms with E-state index >= 15 is 0 Å². The van der Waals surface area contributed by atoms with Gasteiger partial charge < -0.3 is 14.7 Å². The second-order valence-electron chi connectivity index (χ2n) is 6.03. The number of nitrogens with one attached hydrogen (secondary N) is 1. The maximum absolute atomic E-state index is 12.8. The van der Waals surface area contributed by atoms with Gasteiger partial charge in [0.25, 0.3) is 0 Å². The molecule has 0 aromatic carbocycles. The average molecular weight is 294 g/mol. The van der Waals surface area contributed by atoms with Crippen LogP contribution in [0.25, 0.3) is 0 Å². The number of nitrogens with zero attached hydrogens (tertiary/aromatic N) is 3. The van der Waals surface area contributed by atoms with Crippen LogP contribution in [0.3, 0.4) is 0 Å². The van der Waals surface area contributed by atoms with Crippen LogP contribution in [0.5, 0.6) is 0 Å². The minimum atomic E-state index is -0.874. The topological polar surface area (TPSA) is 88.3 Å². The molecule has 7 heteroatoms. The Bertz CT molecular complexity index is 554. The summed E-state index contributed by atoms with van der Waals surface area (Å²) in [6.07, 6.45) is 0.532. The van der Waals surface area contributed by atoms with Crippen molar-refractivity contribution in [1.29, 1.82) is 0 Å². The first-order valence-corrected chi connectivity index (χ1v) is 7.20. The molecule has 2 rings (SSSR count). The fourth-order valence-corrected chi connectivity index (χ4v) is 2.61. The Morgan fingerprint density at radius 1 is 1.43 bits per heavy atom. The second-order valence-corrected chi connectivity index (χ2v) is 6.03. The van der Waals surface area contributed by atoms with E-state index in [0.29, 0.717) is 18.1 Å². The molecule has 116 valence electrons. The Morgan fingerprint density at radius 2 is 2.10 bits per heavy atom. The molecule has 0 saturated carbocycles. The van der Waals surface area contributed by atoms with Gasteiger partial charge in [0, 0.05) is 6.92 Å². The van der Waals surface area contributed by atoms with Gasteiger partial charge in [-0.3, -0.25) is 9.59 Å². The van der Waals surface area contributed by atoms with Crippen molar-refractivity contribution in [1.82, 2.24) is 20.4 Å². The normalized spacial score (nSPS) is 26.4. The highest BCUT2D eigenvalue weighted by atomic mass is 16.5. The zero-order chi connectivity index (χ0) is 15.8. The minimum absolute atomic E-state index is 0.00311. The molecule has 0 aliphatic carbocycles. The molecule has 1 aliphatic rings. The molecule has 1 fully saturated rings. The van der Waals surface area contributed by atoms with E-state index in [0.717, 1.165) is 0 Å². The smallest absolute Gasteiger partial charge is 0.249 e. The molecule has 0 bridgehead atoms. The number of hydrogen-bond acceptors (Lipinski definition) is 5. The molecule has 1 saturated heterocycles. The van der Waals surface area contributed by atoms with Crippen molar-refractivity contribution in [2.24, 2.45) is 5.92 Å². The third kappa shape index (κ3) is 2.77. The summed E-state index contributed by atoms with van der Waals surface area (Å²) in [7, 11) is 0. The molecular weight excluding hydrogens is 272 g/mol. The highest BCUT2D eigenvalue weighted by Gasteiger charge is 2.48. The van der Waals surface area contributed by atoms with Crippen molar-refractivity contribution >= 4 is 11.8 Å². The molecule has 1 N–H and O–H groups in total. The van der Waals surface area contributed by atoms with Crippen LogP contribution in [0.1, 0.15) is 45.8 Å². The van der Waals surface area contributed by atoms with Gasteiger partial charge in [0.2, 0.25) is 17.7 Å². The summed E-state index contributed by atoms with van der Waals surface area (Å²) in [5.74, 6) is 0.626. The lowest BCUT2D eigenvalue weighted by molar-refractivity contribution is -0.157. The lowest BCUT2D eigenvalue weighted by Gasteiger charge is -2.45. The third-order valence-electron chi connectivity index (χ3n) is 3.96. The number of aromatic nitrogens is 2. The van der Waals surface area contributed by atoms with Gasteiger partial charge in [0.15, 0.2) is 5.82 Å². The van der Waals surface area contributed by atoms with E-state index in [2.05, 4.69) is 15.5 Å². The van der Waals surface area contributed by atoms with E-state index in [9.17, 15) is 9.59 Å². The summed E-state index contributed by atoms with van der Waals surface area (Å²) in [5.41, 5.74) is -0.874. The highest BCUT2D eigenvalue weighted by molar-refractivity contribution is 5.99. The second kappa shape index (κ2) is 5.46. The first-order valence-electron chi connectivity index (χ1n) is 7.20. The van der Waals surface area contributed by atoms with E-state index in [1.807, 2.05) is 20.8 Å². The Morgan fingerprint density at radius 3 is 2.57 bits per heavy atom. The summed E-state index contributed by atoms with van der Waals surface area (Å²) in [6.45, 7) is 9.34. The van der Waals surface area contributed by atoms with Gasteiger partial charge in [0.1, 0.15) is 11.6 Å². The van der Waals surface area contributed by atoms with E-state index in [4.69, 9.17) is 4.52 Å². The largest absolute Gasteiger partial charge is 0.340 e. The molecule has 2 unspecified atom stereocenters. The predicted molar refractivity (Wildman–Crippen MR) is 75.0 cm³/mol. The fraction of sp³-hybridized carbons (Fsp3) is 0.714. The van der Waals surface area contributed by atoms with Gasteiger partial charge in [-0.05, 0) is 19.3 Å². The monoisotopic (exact) mass is 294 g/mol. The zero-order valence-corrected chi connectivity index (χ0v) is 13.1. The summed E-state index contributed by atoms with van der Waals surface area (Å²) in [6, 6.07) is -0.518. The number of carbonyl (C=O) groups is 2. The van der Waals surface area contributed by atoms with Crippen LogP contribution < -0.4 is 5.32 Å². The lowest BCUT2D eigenvalue weighted by atomic mass is 9.88. The van der Waals surface area contributed by atoms with Crippen LogP contribution in [0, 0.1) is 12.8 Å². The van der Waals surface area contributed by atoms with Gasteiger partial charge in [-0.2, -0.15) is 4.98 Å². The van der Waals surface area contributed by atoms with Crippen LogP contribution in [0.4, 0.5) is 0 Å². The Labute approximate surface area is 124 Å². The van der Waals surface area contributed by atoms with Crippen LogP contribution in [0.15, 0.2) is 4.52 Å². The number of hydrogen-bond donors (Lipinski definition) is 1. The summed E-state index contributed by atoms with van der Waals surface area (Å²) in [5, 5.41) is 6.68. The van der Waals surface area contributed by atoms with Crippen molar-refractivity contribution < 1.29 is 14.1 Å². The Kier molecular flexibility index (Phi) is 4.02. The first-order chi connectivity index (χ1) is 9.78. The van der Waals surface area contributed by atoms with E-state index < -0.39 is 11.6 Å². The van der Waals surface area contributed by atoms with Crippen LogP contribution in [0.2, 0.25) is 0 Å². The van der Waals surface area contributed by atoms with Gasteiger partial charge in [-0.1, -0.05) is 25.9 Å². The summed E-state index contributed by atoms with van der Waals surface area (Å²) in [4.78, 5) is 30.9. The van der Waals surface area contributed by atoms with Gasteiger partial charge in [0.05, 0.1) is 6.54 Å². The van der Waals surface area contributed by atoms with E-state index in [-0.39, 0.29) is 24.3 Å². The summed E-state index contributed by atoms with van der Waals surface area (Å²) < 4.78 is 4.94. The van der Waals surface area contributed by atoms with Crippen LogP contribution in [-0.2, 0) is 16.1 Å². The number of amides is 2. The van der Waals surface area contributed by atoms with Crippen molar-refractivity contribution in [2.45, 2.75) is 59.2 Å². The molecule has 21 heavy (non-hydrogen) atoms. The molecule has 1 aromatic heterocycles. The maximum atomic E-state index is 12.8. The number of piperazine rings is 1. The quantitative estimate of drug-likeness (QED) is 0.896. The van der Waals surface area contributed by atoms with Crippen molar-refractivity contribution in [3.8, 4) is 0 Å². The van der Waals surface area contributed by atoms with Gasteiger partial charge in [-0.15, -0.1) is 0 Å². The molecule has 1 aromatic rings. The van der Waals surface area contributed by atoms with Gasteiger partial charge >= 0.3 is 0 Å². The van der Waals surface area contributed by atoms with Crippen LogP contribution >= 0.6 is 0 Å². The van der Waals surface area contributed by atoms with Gasteiger partial charge in [-0.25, -0.2) is 0 Å². The third-order valence-corrected chi connectivity index (χ3v) is 3.96. The fourth-order valence-electron chi connectivity index (χ4n) is 2.61. The Balaban J connectivity index is 2.34. The molecule has 2 atom stereocenters. The van der Waals surface area contributed by atoms with Crippen molar-refractivity contribution in [3.63, 3.8) is 0 Å². The average Bonchev–Trinajstić information content (AvgIpc) is 2.80. The van der Waals surface area contributed by atoms with Crippen molar-refractivity contribution in [2.75, 3.05) is 0 Å². The SMILES string of the molecule is CCC1(C)NC(=O)C(C(C)C)N(Cc2noc(C)n2)C1=O. The number of aryl methyl sites for hydroxylation is 1. The predicted octanol–water partition coefficient (Wildman–Crippen LogP) is 1.03. The summed E-state index contributed by atoms with van der Waals surface area (Å²) >= 11 is 0. The van der Waals surface area contributed by atoms with E-state index in [1.54, 1.807) is 18.7 Å². The molecule has 1 aliphatic heterocycles. The van der Waals surface area contributed by atoms with Crippen LogP contribution in [-0.4, -0.2) is 38.4 Å². The standard InChI is InChI=1S/C14H22N4O3/c1-6-14(5)13(20)18(7-10-15-9(4)21-17-10)11(8(2)3)12(19)16-14/h8,11H,6-7H2,1-5H3,(H,16,19). The number of rotatable bonds is 4. The lowest BCUT2D eigenvalue weighted by Crippen LogP contribution is -2.69. The Hall–Kier alpha value is -1.92. The van der Waals surface area contributed by atoms with E-state index in [1.165, 1.54) is 0 Å². The molecule has 7 nitrogen and oxygen atoms in total. The highest BCUT2D eigenvalue weighted by Crippen LogP contribution is 2.26. The van der Waals surface area contributed by atoms with Crippen molar-refractivity contribution in [3.05, 3.63) is 11.7 Å².